The van der Waals surface area contributed by atoms with Crippen LogP contribution in [0.25, 0.3) is 0 Å². The molecule has 1 amide bonds. The Balaban J connectivity index is 2.78. The second kappa shape index (κ2) is 5.26. The van der Waals surface area contributed by atoms with E-state index < -0.39 is 0 Å². The van der Waals surface area contributed by atoms with Crippen molar-refractivity contribution >= 4 is 29.0 Å². The quantitative estimate of drug-likeness (QED) is 0.739. The van der Waals surface area contributed by atoms with Crippen molar-refractivity contribution in [2.24, 2.45) is 0 Å². The molecular formula is C8H12ClN3OS. The van der Waals surface area contributed by atoms with Crippen LogP contribution in [0.1, 0.15) is 22.3 Å². The largest absolute Gasteiger partial charge is 0.340 e. The van der Waals surface area contributed by atoms with Crippen molar-refractivity contribution in [1.82, 2.24) is 14.5 Å². The van der Waals surface area contributed by atoms with Gasteiger partial charge in [0.2, 0.25) is 0 Å². The number of hydrogen-bond donors (Lipinski definition) is 0. The average Bonchev–Trinajstić information content (AvgIpc) is 2.64. The van der Waals surface area contributed by atoms with Gasteiger partial charge in [-0.25, -0.2) is 0 Å². The Morgan fingerprint density at radius 3 is 2.93 bits per heavy atom. The van der Waals surface area contributed by atoms with Crippen LogP contribution < -0.4 is 0 Å². The molecule has 0 saturated heterocycles. The molecule has 0 spiro atoms. The number of aromatic nitrogens is 2. The van der Waals surface area contributed by atoms with Gasteiger partial charge in [0.15, 0.2) is 0 Å². The fraction of sp³-hybridized carbons (Fsp3) is 0.625. The summed E-state index contributed by atoms with van der Waals surface area (Å²) in [5.74, 6) is 0.396. The molecule has 6 heteroatoms. The van der Waals surface area contributed by atoms with E-state index in [1.165, 1.54) is 0 Å². The third-order valence-electron chi connectivity index (χ3n) is 1.85. The molecule has 1 aromatic rings. The second-order valence-electron chi connectivity index (χ2n) is 2.82. The molecule has 0 aromatic carbocycles. The number of amides is 1. The highest BCUT2D eigenvalue weighted by atomic mass is 35.5. The van der Waals surface area contributed by atoms with Crippen LogP contribution >= 0.6 is 23.1 Å². The number of nitrogens with zero attached hydrogens (tertiary/aromatic N) is 3. The SMILES string of the molecule is CCc1nnsc1C(=O)N(C)CCCl. The molecule has 4 nitrogen and oxygen atoms in total. The monoisotopic (exact) mass is 233 g/mol. The Morgan fingerprint density at radius 2 is 2.36 bits per heavy atom. The summed E-state index contributed by atoms with van der Waals surface area (Å²) in [5.41, 5.74) is 0.765. The Labute approximate surface area is 92.0 Å². The lowest BCUT2D eigenvalue weighted by Gasteiger charge is -2.14. The van der Waals surface area contributed by atoms with E-state index in [0.717, 1.165) is 23.6 Å². The van der Waals surface area contributed by atoms with Gasteiger partial charge < -0.3 is 4.90 Å². The molecule has 0 radical (unpaired) electrons. The molecular weight excluding hydrogens is 222 g/mol. The Morgan fingerprint density at radius 1 is 1.64 bits per heavy atom. The second-order valence-corrected chi connectivity index (χ2v) is 3.95. The molecule has 0 aliphatic rings. The van der Waals surface area contributed by atoms with Crippen molar-refractivity contribution in [3.05, 3.63) is 10.6 Å². The number of carbonyl (C=O) groups excluding carboxylic acids is 1. The summed E-state index contributed by atoms with van der Waals surface area (Å²) in [5, 5.41) is 3.89. The summed E-state index contributed by atoms with van der Waals surface area (Å²) in [6.45, 7) is 2.50. The average molecular weight is 234 g/mol. The molecule has 78 valence electrons. The molecule has 1 rings (SSSR count). The molecule has 0 unspecified atom stereocenters. The molecule has 14 heavy (non-hydrogen) atoms. The molecule has 1 heterocycles. The van der Waals surface area contributed by atoms with E-state index >= 15 is 0 Å². The number of alkyl halides is 1. The van der Waals surface area contributed by atoms with E-state index in [-0.39, 0.29) is 5.91 Å². The van der Waals surface area contributed by atoms with E-state index in [0.29, 0.717) is 17.3 Å². The first-order chi connectivity index (χ1) is 6.70. The van der Waals surface area contributed by atoms with Crippen LogP contribution in [0, 0.1) is 0 Å². The van der Waals surface area contributed by atoms with Crippen LogP contribution in [-0.4, -0.2) is 39.9 Å². The molecule has 0 saturated carbocycles. The van der Waals surface area contributed by atoms with Crippen LogP contribution in [0.4, 0.5) is 0 Å². The zero-order chi connectivity index (χ0) is 10.6. The van der Waals surface area contributed by atoms with E-state index in [1.807, 2.05) is 6.92 Å². The van der Waals surface area contributed by atoms with E-state index in [1.54, 1.807) is 11.9 Å². The first-order valence-corrected chi connectivity index (χ1v) is 5.64. The summed E-state index contributed by atoms with van der Waals surface area (Å²) >= 11 is 6.69. The van der Waals surface area contributed by atoms with Gasteiger partial charge in [0.05, 0.1) is 5.69 Å². The molecule has 0 bridgehead atoms. The van der Waals surface area contributed by atoms with Gasteiger partial charge in [-0.1, -0.05) is 11.4 Å². The van der Waals surface area contributed by atoms with Gasteiger partial charge in [0.1, 0.15) is 4.88 Å². The molecule has 0 atom stereocenters. The van der Waals surface area contributed by atoms with E-state index in [9.17, 15) is 4.79 Å². The normalized spacial score (nSPS) is 10.2. The smallest absolute Gasteiger partial charge is 0.267 e. The van der Waals surface area contributed by atoms with Crippen molar-refractivity contribution in [2.75, 3.05) is 19.5 Å². The number of aryl methyl sites for hydroxylation is 1. The van der Waals surface area contributed by atoms with E-state index in [2.05, 4.69) is 9.59 Å². The fourth-order valence-electron chi connectivity index (χ4n) is 1.00. The van der Waals surface area contributed by atoms with Crippen LogP contribution in [0.2, 0.25) is 0 Å². The number of hydrogen-bond acceptors (Lipinski definition) is 4. The third-order valence-corrected chi connectivity index (χ3v) is 2.78. The number of carbonyl (C=O) groups is 1. The minimum Gasteiger partial charge on any atom is -0.340 e. The summed E-state index contributed by atoms with van der Waals surface area (Å²) in [4.78, 5) is 14.0. The highest BCUT2D eigenvalue weighted by Crippen LogP contribution is 2.13. The van der Waals surface area contributed by atoms with Gasteiger partial charge >= 0.3 is 0 Å². The molecule has 0 aliphatic heterocycles. The summed E-state index contributed by atoms with van der Waals surface area (Å²) < 4.78 is 3.77. The first kappa shape index (κ1) is 11.4. The fourth-order valence-corrected chi connectivity index (χ4v) is 2.00. The maximum atomic E-state index is 11.8. The van der Waals surface area contributed by atoms with Crippen LogP contribution in [0.3, 0.4) is 0 Å². The van der Waals surface area contributed by atoms with Crippen molar-refractivity contribution in [1.29, 1.82) is 0 Å². The van der Waals surface area contributed by atoms with Crippen LogP contribution in [0.5, 0.6) is 0 Å². The van der Waals surface area contributed by atoms with Gasteiger partial charge in [-0.2, -0.15) is 0 Å². The topological polar surface area (TPSA) is 46.1 Å². The number of halogens is 1. The van der Waals surface area contributed by atoms with Gasteiger partial charge in [-0.05, 0) is 18.0 Å². The van der Waals surface area contributed by atoms with Gasteiger partial charge in [0.25, 0.3) is 5.91 Å². The first-order valence-electron chi connectivity index (χ1n) is 4.33. The minimum absolute atomic E-state index is 0.0440. The van der Waals surface area contributed by atoms with Crippen molar-refractivity contribution in [2.45, 2.75) is 13.3 Å². The summed E-state index contributed by atoms with van der Waals surface area (Å²) in [6.07, 6.45) is 0.728. The molecule has 1 aromatic heterocycles. The Hall–Kier alpha value is -0.680. The standard InChI is InChI=1S/C8H12ClN3OS/c1-3-6-7(14-11-10-6)8(13)12(2)5-4-9/h3-5H2,1-2H3. The van der Waals surface area contributed by atoms with E-state index in [4.69, 9.17) is 11.6 Å². The van der Waals surface area contributed by atoms with Gasteiger partial charge in [-0.3, -0.25) is 4.79 Å². The molecule has 0 aliphatic carbocycles. The highest BCUT2D eigenvalue weighted by molar-refractivity contribution is 7.07. The van der Waals surface area contributed by atoms with Crippen LogP contribution in [0.15, 0.2) is 0 Å². The molecule has 0 N–H and O–H groups in total. The highest BCUT2D eigenvalue weighted by Gasteiger charge is 2.18. The van der Waals surface area contributed by atoms with Gasteiger partial charge in [0, 0.05) is 19.5 Å². The Kier molecular flexibility index (Phi) is 4.28. The third kappa shape index (κ3) is 2.42. The maximum absolute atomic E-state index is 11.8. The van der Waals surface area contributed by atoms with Gasteiger partial charge in [-0.15, -0.1) is 16.7 Å². The zero-order valence-electron chi connectivity index (χ0n) is 8.16. The number of rotatable bonds is 4. The summed E-state index contributed by atoms with van der Waals surface area (Å²) in [6, 6.07) is 0. The predicted molar refractivity (Wildman–Crippen MR) is 57.0 cm³/mol. The van der Waals surface area contributed by atoms with Crippen LogP contribution in [-0.2, 0) is 6.42 Å². The van der Waals surface area contributed by atoms with Crippen molar-refractivity contribution < 1.29 is 4.79 Å². The molecule has 0 fully saturated rings. The van der Waals surface area contributed by atoms with Crippen molar-refractivity contribution in [3.63, 3.8) is 0 Å². The Bertz CT molecular complexity index is 315. The van der Waals surface area contributed by atoms with Crippen molar-refractivity contribution in [3.8, 4) is 0 Å². The lowest BCUT2D eigenvalue weighted by atomic mass is 10.3. The maximum Gasteiger partial charge on any atom is 0.267 e. The predicted octanol–water partition coefficient (Wildman–Crippen LogP) is 1.41. The summed E-state index contributed by atoms with van der Waals surface area (Å²) in [7, 11) is 1.73. The zero-order valence-corrected chi connectivity index (χ0v) is 9.73. The minimum atomic E-state index is -0.0440. The lowest BCUT2D eigenvalue weighted by Crippen LogP contribution is -2.28. The lowest BCUT2D eigenvalue weighted by molar-refractivity contribution is 0.0807.